The van der Waals surface area contributed by atoms with E-state index in [2.05, 4.69) is 0 Å². The molecule has 20 heavy (non-hydrogen) atoms. The molecule has 1 aliphatic heterocycles. The molecule has 4 nitrogen and oxygen atoms in total. The lowest BCUT2D eigenvalue weighted by atomic mass is 10.0. The maximum Gasteiger partial charge on any atom is 0.244 e. The summed E-state index contributed by atoms with van der Waals surface area (Å²) in [5, 5.41) is 9.08. The zero-order valence-corrected chi connectivity index (χ0v) is 12.5. The van der Waals surface area contributed by atoms with Crippen molar-refractivity contribution in [2.45, 2.75) is 36.6 Å². The second kappa shape index (κ2) is 6.39. The van der Waals surface area contributed by atoms with E-state index in [-0.39, 0.29) is 22.6 Å². The Morgan fingerprint density at radius 1 is 1.40 bits per heavy atom. The van der Waals surface area contributed by atoms with Crippen LogP contribution in [0.2, 0.25) is 5.02 Å². The van der Waals surface area contributed by atoms with Crippen LogP contribution in [0.15, 0.2) is 23.1 Å². The first kappa shape index (κ1) is 15.7. The normalized spacial score (nSPS) is 21.1. The van der Waals surface area contributed by atoms with Crippen LogP contribution in [0.25, 0.3) is 0 Å². The molecule has 1 unspecified atom stereocenters. The molecule has 0 aromatic heterocycles. The van der Waals surface area contributed by atoms with Crippen molar-refractivity contribution in [1.82, 2.24) is 4.31 Å². The molecule has 7 heteroatoms. The highest BCUT2D eigenvalue weighted by atomic mass is 35.5. The Morgan fingerprint density at radius 3 is 2.85 bits per heavy atom. The summed E-state index contributed by atoms with van der Waals surface area (Å²) in [4.78, 5) is -0.205. The molecular formula is C13H17ClFNO3S. The molecule has 112 valence electrons. The minimum atomic E-state index is -3.84. The lowest BCUT2D eigenvalue weighted by Gasteiger charge is -2.34. The number of halogens is 2. The first-order chi connectivity index (χ1) is 9.46. The molecule has 0 bridgehead atoms. The first-order valence-corrected chi connectivity index (χ1v) is 8.36. The van der Waals surface area contributed by atoms with Gasteiger partial charge in [0, 0.05) is 19.2 Å². The van der Waals surface area contributed by atoms with Gasteiger partial charge in [-0.25, -0.2) is 12.8 Å². The van der Waals surface area contributed by atoms with E-state index in [4.69, 9.17) is 16.7 Å². The minimum Gasteiger partial charge on any atom is -0.396 e. The van der Waals surface area contributed by atoms with Crippen LogP contribution in [0.1, 0.15) is 25.7 Å². The summed E-state index contributed by atoms with van der Waals surface area (Å²) >= 11 is 5.90. The molecule has 0 radical (unpaired) electrons. The largest absolute Gasteiger partial charge is 0.396 e. The van der Waals surface area contributed by atoms with Gasteiger partial charge in [-0.1, -0.05) is 18.0 Å². The summed E-state index contributed by atoms with van der Waals surface area (Å²) in [5.41, 5.74) is 0. The molecule has 0 aliphatic carbocycles. The molecule has 1 saturated heterocycles. The molecule has 2 rings (SSSR count). The molecular weight excluding hydrogens is 305 g/mol. The van der Waals surface area contributed by atoms with Gasteiger partial charge in [-0.15, -0.1) is 0 Å². The van der Waals surface area contributed by atoms with E-state index in [1.165, 1.54) is 10.4 Å². The fourth-order valence-corrected chi connectivity index (χ4v) is 4.74. The lowest BCUT2D eigenvalue weighted by Crippen LogP contribution is -2.44. The summed E-state index contributed by atoms with van der Waals surface area (Å²) in [6.45, 7) is 0.299. The lowest BCUT2D eigenvalue weighted by molar-refractivity contribution is 0.192. The predicted octanol–water partition coefficient (Wildman–Crippen LogP) is 2.40. The summed E-state index contributed by atoms with van der Waals surface area (Å²) in [6.07, 6.45) is 2.76. The molecule has 1 atom stereocenters. The van der Waals surface area contributed by atoms with Gasteiger partial charge in [0.25, 0.3) is 0 Å². The second-order valence-electron chi connectivity index (χ2n) is 4.85. The SMILES string of the molecule is O=S(=O)(c1cc(F)ccc1Cl)N1CCCCC1CCO. The smallest absolute Gasteiger partial charge is 0.244 e. The molecule has 0 saturated carbocycles. The molecule has 1 aromatic carbocycles. The van der Waals surface area contributed by atoms with E-state index in [1.807, 2.05) is 0 Å². The molecule has 0 spiro atoms. The molecule has 1 heterocycles. The minimum absolute atomic E-state index is 0.0136. The number of hydrogen-bond donors (Lipinski definition) is 1. The van der Waals surface area contributed by atoms with Gasteiger partial charge in [0.1, 0.15) is 10.7 Å². The zero-order chi connectivity index (χ0) is 14.8. The molecule has 1 aromatic rings. The van der Waals surface area contributed by atoms with Crippen LogP contribution < -0.4 is 0 Å². The van der Waals surface area contributed by atoms with Crippen LogP contribution in [-0.2, 0) is 10.0 Å². The second-order valence-corrected chi connectivity index (χ2v) is 7.12. The summed E-state index contributed by atoms with van der Waals surface area (Å²) in [7, 11) is -3.84. The average Bonchev–Trinajstić information content (AvgIpc) is 2.42. The maximum absolute atomic E-state index is 13.3. The first-order valence-electron chi connectivity index (χ1n) is 6.54. The van der Waals surface area contributed by atoms with E-state index >= 15 is 0 Å². The Bertz CT molecular complexity index is 577. The van der Waals surface area contributed by atoms with Gasteiger partial charge < -0.3 is 5.11 Å². The monoisotopic (exact) mass is 321 g/mol. The number of hydrogen-bond acceptors (Lipinski definition) is 3. The number of piperidine rings is 1. The Hall–Kier alpha value is -0.690. The van der Waals surface area contributed by atoms with Crippen molar-refractivity contribution in [3.63, 3.8) is 0 Å². The Kier molecular flexibility index (Phi) is 5.01. The van der Waals surface area contributed by atoms with Crippen molar-refractivity contribution in [2.24, 2.45) is 0 Å². The van der Waals surface area contributed by atoms with Crippen LogP contribution in [0.5, 0.6) is 0 Å². The third kappa shape index (κ3) is 3.14. The van der Waals surface area contributed by atoms with E-state index in [0.29, 0.717) is 19.4 Å². The fourth-order valence-electron chi connectivity index (χ4n) is 2.53. The highest BCUT2D eigenvalue weighted by molar-refractivity contribution is 7.89. The summed E-state index contributed by atoms with van der Waals surface area (Å²) in [6, 6.07) is 3.07. The van der Waals surface area contributed by atoms with E-state index in [9.17, 15) is 12.8 Å². The van der Waals surface area contributed by atoms with Gasteiger partial charge in [0.15, 0.2) is 0 Å². The van der Waals surface area contributed by atoms with Crippen molar-refractivity contribution in [3.05, 3.63) is 29.0 Å². The highest BCUT2D eigenvalue weighted by Gasteiger charge is 2.34. The van der Waals surface area contributed by atoms with Gasteiger partial charge in [-0.2, -0.15) is 4.31 Å². The number of aliphatic hydroxyl groups excluding tert-OH is 1. The molecule has 1 aliphatic rings. The van der Waals surface area contributed by atoms with Crippen molar-refractivity contribution in [3.8, 4) is 0 Å². The summed E-state index contributed by atoms with van der Waals surface area (Å²) < 4.78 is 39.9. The number of aliphatic hydroxyl groups is 1. The quantitative estimate of drug-likeness (QED) is 0.926. The standard InChI is InChI=1S/C13H17ClFNO3S/c14-12-5-4-10(15)9-13(12)20(18,19)16-7-2-1-3-11(16)6-8-17/h4-5,9,11,17H,1-3,6-8H2. The van der Waals surface area contributed by atoms with E-state index in [1.54, 1.807) is 0 Å². The van der Waals surface area contributed by atoms with Crippen LogP contribution in [0.3, 0.4) is 0 Å². The average molecular weight is 322 g/mol. The van der Waals surface area contributed by atoms with Gasteiger partial charge in [-0.05, 0) is 37.5 Å². The van der Waals surface area contributed by atoms with Crippen LogP contribution in [-0.4, -0.2) is 37.0 Å². The van der Waals surface area contributed by atoms with Gasteiger partial charge >= 0.3 is 0 Å². The molecule has 1 N–H and O–H groups in total. The van der Waals surface area contributed by atoms with E-state index < -0.39 is 15.8 Å². The van der Waals surface area contributed by atoms with Crippen molar-refractivity contribution in [2.75, 3.05) is 13.2 Å². The highest BCUT2D eigenvalue weighted by Crippen LogP contribution is 2.31. The topological polar surface area (TPSA) is 57.6 Å². The number of rotatable bonds is 4. The Morgan fingerprint density at radius 2 is 2.15 bits per heavy atom. The maximum atomic E-state index is 13.3. The van der Waals surface area contributed by atoms with Crippen molar-refractivity contribution < 1.29 is 17.9 Å². The number of sulfonamides is 1. The predicted molar refractivity (Wildman–Crippen MR) is 74.6 cm³/mol. The van der Waals surface area contributed by atoms with Crippen LogP contribution in [0, 0.1) is 5.82 Å². The van der Waals surface area contributed by atoms with Gasteiger partial charge in [-0.3, -0.25) is 0 Å². The zero-order valence-electron chi connectivity index (χ0n) is 10.9. The summed E-state index contributed by atoms with van der Waals surface area (Å²) in [5.74, 6) is -0.635. The van der Waals surface area contributed by atoms with Crippen LogP contribution >= 0.6 is 11.6 Å². The van der Waals surface area contributed by atoms with Crippen molar-refractivity contribution >= 4 is 21.6 Å². The Labute approximate surface area is 123 Å². The van der Waals surface area contributed by atoms with Crippen molar-refractivity contribution in [1.29, 1.82) is 0 Å². The number of nitrogens with zero attached hydrogens (tertiary/aromatic N) is 1. The van der Waals surface area contributed by atoms with Gasteiger partial charge in [0.2, 0.25) is 10.0 Å². The number of benzene rings is 1. The third-order valence-electron chi connectivity index (χ3n) is 3.52. The fraction of sp³-hybridized carbons (Fsp3) is 0.538. The third-order valence-corrected chi connectivity index (χ3v) is 5.95. The molecule has 1 fully saturated rings. The van der Waals surface area contributed by atoms with Gasteiger partial charge in [0.05, 0.1) is 5.02 Å². The van der Waals surface area contributed by atoms with E-state index in [0.717, 1.165) is 25.0 Å². The molecule has 0 amide bonds. The Balaban J connectivity index is 2.39. The van der Waals surface area contributed by atoms with Crippen LogP contribution in [0.4, 0.5) is 4.39 Å².